The maximum atomic E-state index is 12.5. The summed E-state index contributed by atoms with van der Waals surface area (Å²) >= 11 is 7.93. The van der Waals surface area contributed by atoms with Crippen molar-refractivity contribution in [3.63, 3.8) is 0 Å². The lowest BCUT2D eigenvalue weighted by Gasteiger charge is -2.32. The van der Waals surface area contributed by atoms with Gasteiger partial charge >= 0.3 is 6.03 Å². The summed E-state index contributed by atoms with van der Waals surface area (Å²) in [5, 5.41) is 3.87. The van der Waals surface area contributed by atoms with E-state index in [-0.39, 0.29) is 17.2 Å². The highest BCUT2D eigenvalue weighted by atomic mass is 35.5. The summed E-state index contributed by atoms with van der Waals surface area (Å²) in [7, 11) is 0. The van der Waals surface area contributed by atoms with Gasteiger partial charge in [-0.1, -0.05) is 35.9 Å². The molecule has 1 heterocycles. The molecular weight excluding hydrogens is 384 g/mol. The summed E-state index contributed by atoms with van der Waals surface area (Å²) in [5.41, 5.74) is 4.62. The van der Waals surface area contributed by atoms with Crippen molar-refractivity contribution in [2.75, 3.05) is 18.8 Å². The Hall–Kier alpha value is -2.22. The van der Waals surface area contributed by atoms with Crippen molar-refractivity contribution in [1.29, 1.82) is 0 Å². The van der Waals surface area contributed by atoms with Gasteiger partial charge in [-0.3, -0.25) is 10.2 Å². The quantitative estimate of drug-likeness (QED) is 0.415. The number of urea groups is 1. The number of rotatable bonds is 4. The predicted octanol–water partition coefficient (Wildman–Crippen LogP) is 2.94. The Morgan fingerprint density at radius 2 is 2.00 bits per heavy atom. The number of hydrazine groups is 1. The first kappa shape index (κ1) is 19.5. The highest BCUT2D eigenvalue weighted by Gasteiger charge is 2.25. The van der Waals surface area contributed by atoms with Crippen LogP contribution >= 0.6 is 23.4 Å². The van der Waals surface area contributed by atoms with Crippen LogP contribution < -0.4 is 16.6 Å². The molecule has 0 spiro atoms. The average molecular weight is 405 g/mol. The third-order valence-electron chi connectivity index (χ3n) is 4.37. The van der Waals surface area contributed by atoms with E-state index in [1.807, 2.05) is 40.9 Å². The Morgan fingerprint density at radius 3 is 2.70 bits per heavy atom. The number of nitrogen functional groups attached to an aromatic ring is 1. The number of hydrogen-bond acceptors (Lipinski definition) is 4. The molecule has 1 aliphatic rings. The molecule has 1 unspecified atom stereocenters. The van der Waals surface area contributed by atoms with Crippen molar-refractivity contribution < 1.29 is 9.59 Å². The number of nitrogens with two attached hydrogens (primary N) is 1. The Labute approximate surface area is 167 Å². The molecule has 2 aromatic carbocycles. The molecule has 0 aromatic heterocycles. The topological polar surface area (TPSA) is 87.5 Å². The number of benzene rings is 2. The first-order chi connectivity index (χ1) is 13.1. The largest absolute Gasteiger partial charge is 0.334 e. The molecular formula is C19H21ClN4O2S. The van der Waals surface area contributed by atoms with Crippen molar-refractivity contribution in [3.8, 4) is 0 Å². The highest BCUT2D eigenvalue weighted by Crippen LogP contribution is 2.34. The Morgan fingerprint density at radius 1 is 1.22 bits per heavy atom. The number of hydrogen-bond donors (Lipinski definition) is 3. The second kappa shape index (κ2) is 9.12. The standard InChI is InChI=1S/C19H21ClN4O2S/c20-16-3-1-2-15(10-16)17-12-24(8-9-27-17)19(26)22-11-13-4-6-14(7-5-13)18(25)23-21/h1-7,10,17H,8-9,11-12,21H2,(H,22,26)(H,23,25). The number of carbonyl (C=O) groups excluding carboxylic acids is 2. The van der Waals surface area contributed by atoms with E-state index >= 15 is 0 Å². The van der Waals surface area contributed by atoms with Gasteiger partial charge in [0.15, 0.2) is 0 Å². The second-order valence-electron chi connectivity index (χ2n) is 6.19. The van der Waals surface area contributed by atoms with Crippen molar-refractivity contribution >= 4 is 35.3 Å². The molecule has 1 aliphatic heterocycles. The summed E-state index contributed by atoms with van der Waals surface area (Å²) in [4.78, 5) is 25.8. The zero-order valence-corrected chi connectivity index (χ0v) is 16.2. The number of carbonyl (C=O) groups is 2. The van der Waals surface area contributed by atoms with Gasteiger partial charge in [-0.2, -0.15) is 11.8 Å². The van der Waals surface area contributed by atoms with E-state index in [2.05, 4.69) is 10.7 Å². The minimum absolute atomic E-state index is 0.0916. The minimum Gasteiger partial charge on any atom is -0.334 e. The lowest BCUT2D eigenvalue weighted by molar-refractivity contribution is 0.0953. The Kier molecular flexibility index (Phi) is 6.60. The summed E-state index contributed by atoms with van der Waals surface area (Å²) in [6.45, 7) is 1.75. The lowest BCUT2D eigenvalue weighted by atomic mass is 10.1. The molecule has 6 nitrogen and oxygen atoms in total. The molecule has 142 valence electrons. The maximum Gasteiger partial charge on any atom is 0.317 e. The Bertz CT molecular complexity index is 816. The number of halogens is 1. The first-order valence-corrected chi connectivity index (χ1v) is 9.99. The summed E-state index contributed by atoms with van der Waals surface area (Å²) in [6, 6.07) is 14.6. The van der Waals surface area contributed by atoms with Crippen molar-refractivity contribution in [2.24, 2.45) is 5.84 Å². The molecule has 0 aliphatic carbocycles. The van der Waals surface area contributed by atoms with Crippen molar-refractivity contribution in [2.45, 2.75) is 11.8 Å². The summed E-state index contributed by atoms with van der Waals surface area (Å²) in [5.74, 6) is 5.65. The van der Waals surface area contributed by atoms with Crippen molar-refractivity contribution in [3.05, 3.63) is 70.2 Å². The van der Waals surface area contributed by atoms with Crippen LogP contribution in [-0.4, -0.2) is 35.7 Å². The van der Waals surface area contributed by atoms with Gasteiger partial charge < -0.3 is 10.2 Å². The Balaban J connectivity index is 1.55. The molecule has 1 saturated heterocycles. The van der Waals surface area contributed by atoms with Crippen LogP contribution in [0.15, 0.2) is 48.5 Å². The highest BCUT2D eigenvalue weighted by molar-refractivity contribution is 7.99. The van der Waals surface area contributed by atoms with Crippen LogP contribution in [0.2, 0.25) is 5.02 Å². The van der Waals surface area contributed by atoms with Gasteiger partial charge in [-0.25, -0.2) is 10.6 Å². The van der Waals surface area contributed by atoms with Gasteiger partial charge in [0, 0.05) is 41.2 Å². The molecule has 3 amide bonds. The lowest BCUT2D eigenvalue weighted by Crippen LogP contribution is -2.44. The van der Waals surface area contributed by atoms with E-state index in [9.17, 15) is 9.59 Å². The third-order valence-corrected chi connectivity index (χ3v) is 5.84. The van der Waals surface area contributed by atoms with E-state index in [1.165, 1.54) is 0 Å². The fourth-order valence-corrected chi connectivity index (χ4v) is 4.32. The molecule has 27 heavy (non-hydrogen) atoms. The third kappa shape index (κ3) is 5.15. The monoisotopic (exact) mass is 404 g/mol. The first-order valence-electron chi connectivity index (χ1n) is 8.56. The summed E-state index contributed by atoms with van der Waals surface area (Å²) in [6.07, 6.45) is 0. The SMILES string of the molecule is NNC(=O)c1ccc(CNC(=O)N2CCSC(c3cccc(Cl)c3)C2)cc1. The maximum absolute atomic E-state index is 12.5. The number of thioether (sulfide) groups is 1. The molecule has 4 N–H and O–H groups in total. The fraction of sp³-hybridized carbons (Fsp3) is 0.263. The number of amides is 3. The van der Waals surface area contributed by atoms with Gasteiger partial charge in [0.05, 0.1) is 0 Å². The molecule has 2 aromatic rings. The van der Waals surface area contributed by atoms with Crippen LogP contribution in [0.5, 0.6) is 0 Å². The van der Waals surface area contributed by atoms with E-state index in [1.54, 1.807) is 24.3 Å². The molecule has 0 radical (unpaired) electrons. The molecule has 3 rings (SSSR count). The van der Waals surface area contributed by atoms with Gasteiger partial charge in [-0.05, 0) is 35.4 Å². The molecule has 1 fully saturated rings. The van der Waals surface area contributed by atoms with E-state index < -0.39 is 0 Å². The van der Waals surface area contributed by atoms with E-state index in [0.29, 0.717) is 30.2 Å². The molecule has 0 saturated carbocycles. The van der Waals surface area contributed by atoms with Crippen molar-refractivity contribution in [1.82, 2.24) is 15.6 Å². The summed E-state index contributed by atoms with van der Waals surface area (Å²) < 4.78 is 0. The van der Waals surface area contributed by atoms with Crippen LogP contribution in [0.1, 0.15) is 26.7 Å². The van der Waals surface area contributed by atoms with E-state index in [4.69, 9.17) is 17.4 Å². The smallest absolute Gasteiger partial charge is 0.317 e. The zero-order chi connectivity index (χ0) is 19.2. The molecule has 8 heteroatoms. The van der Waals surface area contributed by atoms with Gasteiger partial charge in [-0.15, -0.1) is 0 Å². The minimum atomic E-state index is -0.344. The van der Waals surface area contributed by atoms with E-state index in [0.717, 1.165) is 16.9 Å². The number of nitrogens with zero attached hydrogens (tertiary/aromatic N) is 1. The normalized spacial score (nSPS) is 16.7. The van der Waals surface area contributed by atoms with Crippen LogP contribution in [0.4, 0.5) is 4.79 Å². The number of nitrogens with one attached hydrogen (secondary N) is 2. The van der Waals surface area contributed by atoms with Crippen LogP contribution in [-0.2, 0) is 6.54 Å². The molecule has 1 atom stereocenters. The fourth-order valence-electron chi connectivity index (χ4n) is 2.89. The van der Waals surface area contributed by atoms with Crippen LogP contribution in [0, 0.1) is 0 Å². The van der Waals surface area contributed by atoms with Crippen LogP contribution in [0.3, 0.4) is 0 Å². The van der Waals surface area contributed by atoms with Gasteiger partial charge in [0.1, 0.15) is 0 Å². The zero-order valence-electron chi connectivity index (χ0n) is 14.7. The second-order valence-corrected chi connectivity index (χ2v) is 7.94. The van der Waals surface area contributed by atoms with Crippen LogP contribution in [0.25, 0.3) is 0 Å². The molecule has 0 bridgehead atoms. The van der Waals surface area contributed by atoms with Gasteiger partial charge in [0.25, 0.3) is 5.91 Å². The average Bonchev–Trinajstić information content (AvgIpc) is 2.72. The predicted molar refractivity (Wildman–Crippen MR) is 109 cm³/mol. The van der Waals surface area contributed by atoms with Gasteiger partial charge in [0.2, 0.25) is 0 Å².